The number of nitrogens with zero attached hydrogens (tertiary/aromatic N) is 1. The molecular formula is C16H13NO4S. The van der Waals surface area contributed by atoms with Gasteiger partial charge in [0.05, 0.1) is 23.2 Å². The predicted octanol–water partition coefficient (Wildman–Crippen LogP) is 2.70. The molecule has 5 nitrogen and oxygen atoms in total. The van der Waals surface area contributed by atoms with Crippen molar-refractivity contribution >= 4 is 27.2 Å². The van der Waals surface area contributed by atoms with Gasteiger partial charge in [-0.25, -0.2) is 12.4 Å². The van der Waals surface area contributed by atoms with E-state index in [0.717, 1.165) is 3.97 Å². The number of aldehydes is 1. The van der Waals surface area contributed by atoms with E-state index in [9.17, 15) is 13.2 Å². The number of benzene rings is 2. The van der Waals surface area contributed by atoms with Crippen LogP contribution < -0.4 is 4.74 Å². The van der Waals surface area contributed by atoms with Crippen LogP contribution in [-0.2, 0) is 10.0 Å². The van der Waals surface area contributed by atoms with Gasteiger partial charge in [0.2, 0.25) is 0 Å². The van der Waals surface area contributed by atoms with Crippen LogP contribution in [0.5, 0.6) is 5.75 Å². The summed E-state index contributed by atoms with van der Waals surface area (Å²) in [6, 6.07) is 14.6. The van der Waals surface area contributed by atoms with Crippen molar-refractivity contribution in [2.24, 2.45) is 0 Å². The predicted molar refractivity (Wildman–Crippen MR) is 82.9 cm³/mol. The number of aromatic nitrogens is 1. The molecule has 0 fully saturated rings. The molecule has 0 aliphatic carbocycles. The first-order valence-corrected chi connectivity index (χ1v) is 7.97. The second-order valence-corrected chi connectivity index (χ2v) is 6.48. The molecule has 0 saturated heterocycles. The summed E-state index contributed by atoms with van der Waals surface area (Å²) in [5.74, 6) is 0.562. The maximum atomic E-state index is 12.9. The first kappa shape index (κ1) is 14.3. The highest BCUT2D eigenvalue weighted by molar-refractivity contribution is 7.90. The Bertz CT molecular complexity index is 940. The van der Waals surface area contributed by atoms with Crippen LogP contribution in [0.15, 0.2) is 59.5 Å². The fourth-order valence-corrected chi connectivity index (χ4v) is 3.84. The van der Waals surface area contributed by atoms with Crippen molar-refractivity contribution in [2.75, 3.05) is 7.11 Å². The lowest BCUT2D eigenvalue weighted by atomic mass is 10.2. The molecule has 22 heavy (non-hydrogen) atoms. The molecular weight excluding hydrogens is 302 g/mol. The number of ether oxygens (including phenoxy) is 1. The molecule has 112 valence electrons. The summed E-state index contributed by atoms with van der Waals surface area (Å²) < 4.78 is 31.8. The molecule has 0 bridgehead atoms. The monoisotopic (exact) mass is 315 g/mol. The first-order chi connectivity index (χ1) is 10.6. The third-order valence-corrected chi connectivity index (χ3v) is 5.17. The average molecular weight is 315 g/mol. The molecule has 0 N–H and O–H groups in total. The summed E-state index contributed by atoms with van der Waals surface area (Å²) in [5, 5.41) is 0.696. The maximum absolute atomic E-state index is 12.9. The fourth-order valence-electron chi connectivity index (χ4n) is 2.35. The van der Waals surface area contributed by atoms with Crippen LogP contribution in [0, 0.1) is 0 Å². The molecule has 0 amide bonds. The summed E-state index contributed by atoms with van der Waals surface area (Å²) in [6.07, 6.45) is 0.543. The number of fused-ring (bicyclic) bond motifs is 1. The highest BCUT2D eigenvalue weighted by Crippen LogP contribution is 2.25. The SMILES string of the molecule is COc1ccc(S(=O)(=O)n2c(C=O)cc3ccccc32)cc1. The van der Waals surface area contributed by atoms with Crippen molar-refractivity contribution in [3.63, 3.8) is 0 Å². The Balaban J connectivity index is 2.26. The molecule has 1 heterocycles. The van der Waals surface area contributed by atoms with Crippen LogP contribution in [0.25, 0.3) is 10.9 Å². The lowest BCUT2D eigenvalue weighted by Crippen LogP contribution is -2.15. The Morgan fingerprint density at radius 2 is 1.73 bits per heavy atom. The van der Waals surface area contributed by atoms with Gasteiger partial charge in [-0.3, -0.25) is 4.79 Å². The lowest BCUT2D eigenvalue weighted by molar-refractivity contribution is 0.111. The van der Waals surface area contributed by atoms with Gasteiger partial charge in [0.1, 0.15) is 5.75 Å². The number of hydrogen-bond donors (Lipinski definition) is 0. The van der Waals surface area contributed by atoms with Crippen molar-refractivity contribution < 1.29 is 17.9 Å². The molecule has 0 spiro atoms. The van der Waals surface area contributed by atoms with Crippen LogP contribution in [0.1, 0.15) is 10.5 Å². The number of rotatable bonds is 4. The van der Waals surface area contributed by atoms with Crippen molar-refractivity contribution in [3.8, 4) is 5.75 Å². The molecule has 0 aliphatic rings. The second-order valence-electron chi connectivity index (χ2n) is 4.69. The molecule has 3 rings (SSSR count). The van der Waals surface area contributed by atoms with Crippen molar-refractivity contribution in [1.82, 2.24) is 3.97 Å². The van der Waals surface area contributed by atoms with Crippen LogP contribution in [0.4, 0.5) is 0 Å². The van der Waals surface area contributed by atoms with E-state index < -0.39 is 10.0 Å². The summed E-state index contributed by atoms with van der Waals surface area (Å²) in [6.45, 7) is 0. The van der Waals surface area contributed by atoms with E-state index in [1.807, 2.05) is 0 Å². The van der Waals surface area contributed by atoms with Crippen LogP contribution in [0.3, 0.4) is 0 Å². The number of para-hydroxylation sites is 1. The van der Waals surface area contributed by atoms with E-state index in [1.54, 1.807) is 42.5 Å². The third-order valence-electron chi connectivity index (χ3n) is 3.41. The van der Waals surface area contributed by atoms with Crippen LogP contribution >= 0.6 is 0 Å². The Hall–Kier alpha value is -2.60. The summed E-state index contributed by atoms with van der Waals surface area (Å²) in [7, 11) is -2.35. The van der Waals surface area contributed by atoms with E-state index in [4.69, 9.17) is 4.74 Å². The van der Waals surface area contributed by atoms with Crippen molar-refractivity contribution in [2.45, 2.75) is 4.90 Å². The summed E-state index contributed by atoms with van der Waals surface area (Å²) in [4.78, 5) is 11.4. The molecule has 0 unspecified atom stereocenters. The average Bonchev–Trinajstić information content (AvgIpc) is 2.94. The lowest BCUT2D eigenvalue weighted by Gasteiger charge is -2.10. The molecule has 3 aromatic rings. The van der Waals surface area contributed by atoms with Crippen molar-refractivity contribution in [1.29, 1.82) is 0 Å². The van der Waals surface area contributed by atoms with Gasteiger partial charge in [-0.1, -0.05) is 18.2 Å². The van der Waals surface area contributed by atoms with Gasteiger partial charge in [0, 0.05) is 5.39 Å². The number of methoxy groups -OCH3 is 1. The van der Waals surface area contributed by atoms with Gasteiger partial charge < -0.3 is 4.74 Å². The zero-order chi connectivity index (χ0) is 15.7. The highest BCUT2D eigenvalue weighted by atomic mass is 32.2. The van der Waals surface area contributed by atoms with Gasteiger partial charge in [-0.2, -0.15) is 0 Å². The minimum atomic E-state index is -3.86. The Morgan fingerprint density at radius 3 is 2.36 bits per heavy atom. The zero-order valence-electron chi connectivity index (χ0n) is 11.8. The van der Waals surface area contributed by atoms with E-state index in [2.05, 4.69) is 0 Å². The van der Waals surface area contributed by atoms with Gasteiger partial charge in [-0.15, -0.1) is 0 Å². The van der Waals surface area contributed by atoms with Crippen molar-refractivity contribution in [3.05, 3.63) is 60.3 Å². The Morgan fingerprint density at radius 1 is 1.05 bits per heavy atom. The smallest absolute Gasteiger partial charge is 0.268 e. The Kier molecular flexibility index (Phi) is 3.46. The molecule has 0 aliphatic heterocycles. The fraction of sp³-hybridized carbons (Fsp3) is 0.0625. The zero-order valence-corrected chi connectivity index (χ0v) is 12.6. The largest absolute Gasteiger partial charge is 0.497 e. The van der Waals surface area contributed by atoms with E-state index in [-0.39, 0.29) is 10.6 Å². The van der Waals surface area contributed by atoms with Gasteiger partial charge in [0.15, 0.2) is 6.29 Å². The highest BCUT2D eigenvalue weighted by Gasteiger charge is 2.22. The number of hydrogen-bond acceptors (Lipinski definition) is 4. The second kappa shape index (κ2) is 5.31. The number of carbonyl (C=O) groups is 1. The van der Waals surface area contributed by atoms with Gasteiger partial charge in [0.25, 0.3) is 10.0 Å². The summed E-state index contributed by atoms with van der Waals surface area (Å²) in [5.41, 5.74) is 0.567. The standard InChI is InChI=1S/C16H13NO4S/c1-21-14-6-8-15(9-7-14)22(19,20)17-13(11-18)10-12-4-2-3-5-16(12)17/h2-11H,1H3. The van der Waals surface area contributed by atoms with Crippen LogP contribution in [0.2, 0.25) is 0 Å². The molecule has 2 aromatic carbocycles. The van der Waals surface area contributed by atoms with Gasteiger partial charge in [-0.05, 0) is 36.4 Å². The van der Waals surface area contributed by atoms with E-state index in [1.165, 1.54) is 19.2 Å². The minimum absolute atomic E-state index is 0.0945. The maximum Gasteiger partial charge on any atom is 0.268 e. The van der Waals surface area contributed by atoms with E-state index in [0.29, 0.717) is 22.9 Å². The Labute approximate surface area is 127 Å². The van der Waals surface area contributed by atoms with E-state index >= 15 is 0 Å². The van der Waals surface area contributed by atoms with Gasteiger partial charge >= 0.3 is 0 Å². The normalized spacial score (nSPS) is 11.5. The molecule has 0 atom stereocenters. The number of carbonyl (C=O) groups excluding carboxylic acids is 1. The molecule has 0 saturated carbocycles. The topological polar surface area (TPSA) is 65.4 Å². The molecule has 0 radical (unpaired) electrons. The quantitative estimate of drug-likeness (QED) is 0.694. The first-order valence-electron chi connectivity index (χ1n) is 6.53. The molecule has 6 heteroatoms. The third kappa shape index (κ3) is 2.17. The molecule has 1 aromatic heterocycles. The minimum Gasteiger partial charge on any atom is -0.497 e. The summed E-state index contributed by atoms with van der Waals surface area (Å²) >= 11 is 0. The van der Waals surface area contributed by atoms with Crippen LogP contribution in [-0.4, -0.2) is 25.8 Å².